The molecule has 3 nitrogen and oxygen atoms in total. The van der Waals surface area contributed by atoms with E-state index in [1.165, 1.54) is 0 Å². The fourth-order valence-corrected chi connectivity index (χ4v) is 1.89. The van der Waals surface area contributed by atoms with Gasteiger partial charge in [-0.1, -0.05) is 6.92 Å². The minimum absolute atomic E-state index is 0.193. The van der Waals surface area contributed by atoms with Crippen LogP contribution in [0.5, 0.6) is 11.5 Å². The maximum atomic E-state index is 9.05. The van der Waals surface area contributed by atoms with Gasteiger partial charge in [0, 0.05) is 12.2 Å². The predicted octanol–water partition coefficient (Wildman–Crippen LogP) is 2.58. The van der Waals surface area contributed by atoms with Gasteiger partial charge in [0.05, 0.1) is 14.2 Å². The second-order valence-electron chi connectivity index (χ2n) is 3.73. The van der Waals surface area contributed by atoms with E-state index in [9.17, 15) is 0 Å². The maximum Gasteiger partial charge on any atom is 0.122 e. The van der Waals surface area contributed by atoms with Crippen LogP contribution in [0.25, 0.3) is 0 Å². The van der Waals surface area contributed by atoms with Crippen molar-refractivity contribution in [3.05, 3.63) is 23.8 Å². The summed E-state index contributed by atoms with van der Waals surface area (Å²) in [6, 6.07) is 5.78. The number of aliphatic hydroxyl groups is 1. The lowest BCUT2D eigenvalue weighted by atomic mass is 9.92. The highest BCUT2D eigenvalue weighted by atomic mass is 16.5. The van der Waals surface area contributed by atoms with Crippen LogP contribution in [0.15, 0.2) is 18.2 Å². The fraction of sp³-hybridized carbons (Fsp3) is 0.538. The topological polar surface area (TPSA) is 38.7 Å². The van der Waals surface area contributed by atoms with Gasteiger partial charge in [0.15, 0.2) is 0 Å². The third-order valence-corrected chi connectivity index (χ3v) is 2.85. The molecule has 16 heavy (non-hydrogen) atoms. The molecule has 0 saturated heterocycles. The van der Waals surface area contributed by atoms with Gasteiger partial charge in [-0.05, 0) is 37.0 Å². The van der Waals surface area contributed by atoms with Crippen molar-refractivity contribution in [3.63, 3.8) is 0 Å². The minimum atomic E-state index is 0.193. The Hall–Kier alpha value is -1.22. The van der Waals surface area contributed by atoms with Gasteiger partial charge in [-0.15, -0.1) is 0 Å². The van der Waals surface area contributed by atoms with Crippen LogP contribution in [0.2, 0.25) is 0 Å². The summed E-state index contributed by atoms with van der Waals surface area (Å²) in [6.07, 6.45) is 1.73. The smallest absolute Gasteiger partial charge is 0.122 e. The van der Waals surface area contributed by atoms with E-state index in [4.69, 9.17) is 14.6 Å². The molecule has 0 bridgehead atoms. The molecule has 0 heterocycles. The number of benzene rings is 1. The molecule has 0 aliphatic heterocycles. The van der Waals surface area contributed by atoms with Crippen LogP contribution in [-0.4, -0.2) is 25.9 Å². The number of hydrogen-bond donors (Lipinski definition) is 1. The first-order chi connectivity index (χ1) is 7.76. The molecular weight excluding hydrogens is 204 g/mol. The van der Waals surface area contributed by atoms with Crippen LogP contribution in [0.3, 0.4) is 0 Å². The van der Waals surface area contributed by atoms with E-state index < -0.39 is 0 Å². The van der Waals surface area contributed by atoms with E-state index in [1.54, 1.807) is 14.2 Å². The Balaban J connectivity index is 3.05. The molecule has 1 rings (SSSR count). The second kappa shape index (κ2) is 6.38. The summed E-state index contributed by atoms with van der Waals surface area (Å²) in [5.74, 6) is 2.00. The lowest BCUT2D eigenvalue weighted by Gasteiger charge is -2.18. The Labute approximate surface area is 97.0 Å². The minimum Gasteiger partial charge on any atom is -0.497 e. The zero-order valence-electron chi connectivity index (χ0n) is 10.2. The molecule has 90 valence electrons. The van der Waals surface area contributed by atoms with Gasteiger partial charge in [0.25, 0.3) is 0 Å². The molecule has 1 unspecified atom stereocenters. The highest BCUT2D eigenvalue weighted by Crippen LogP contribution is 2.34. The summed E-state index contributed by atoms with van der Waals surface area (Å²) >= 11 is 0. The molecule has 1 aromatic rings. The summed E-state index contributed by atoms with van der Waals surface area (Å²) < 4.78 is 10.5. The van der Waals surface area contributed by atoms with Crippen LogP contribution in [0.1, 0.15) is 31.2 Å². The summed E-state index contributed by atoms with van der Waals surface area (Å²) in [7, 11) is 3.32. The molecule has 0 radical (unpaired) electrons. The van der Waals surface area contributed by atoms with Crippen LogP contribution in [0, 0.1) is 0 Å². The molecule has 0 fully saturated rings. The summed E-state index contributed by atoms with van der Waals surface area (Å²) in [5, 5.41) is 9.05. The largest absolute Gasteiger partial charge is 0.497 e. The van der Waals surface area contributed by atoms with Crippen molar-refractivity contribution >= 4 is 0 Å². The van der Waals surface area contributed by atoms with Crippen molar-refractivity contribution in [2.24, 2.45) is 0 Å². The van der Waals surface area contributed by atoms with Gasteiger partial charge in [0.1, 0.15) is 11.5 Å². The molecule has 0 saturated carbocycles. The quantitative estimate of drug-likeness (QED) is 0.807. The molecule has 0 aromatic heterocycles. The predicted molar refractivity (Wildman–Crippen MR) is 64.3 cm³/mol. The third kappa shape index (κ3) is 2.89. The molecule has 0 amide bonds. The number of ether oxygens (including phenoxy) is 2. The molecule has 0 aliphatic rings. The Bertz CT molecular complexity index is 323. The van der Waals surface area contributed by atoms with Crippen LogP contribution < -0.4 is 9.47 Å². The number of aliphatic hydroxyl groups excluding tert-OH is 1. The maximum absolute atomic E-state index is 9.05. The normalized spacial score (nSPS) is 12.2. The first kappa shape index (κ1) is 12.8. The van der Waals surface area contributed by atoms with Crippen molar-refractivity contribution < 1.29 is 14.6 Å². The average molecular weight is 224 g/mol. The number of methoxy groups -OCH3 is 2. The lowest BCUT2D eigenvalue weighted by Crippen LogP contribution is -2.03. The zero-order valence-corrected chi connectivity index (χ0v) is 10.2. The fourth-order valence-electron chi connectivity index (χ4n) is 1.89. The number of hydrogen-bond acceptors (Lipinski definition) is 3. The SMILES string of the molecule is CCC(CCO)c1cc(OC)ccc1OC. The van der Waals surface area contributed by atoms with Crippen molar-refractivity contribution in [3.8, 4) is 11.5 Å². The van der Waals surface area contributed by atoms with Crippen molar-refractivity contribution in [2.45, 2.75) is 25.7 Å². The summed E-state index contributed by atoms with van der Waals surface area (Å²) in [4.78, 5) is 0. The van der Waals surface area contributed by atoms with Gasteiger partial charge in [-0.25, -0.2) is 0 Å². The van der Waals surface area contributed by atoms with Gasteiger partial charge >= 0.3 is 0 Å². The molecule has 1 aromatic carbocycles. The molecule has 0 aliphatic carbocycles. The Morgan fingerprint density at radius 2 is 2.00 bits per heavy atom. The van der Waals surface area contributed by atoms with Crippen molar-refractivity contribution in [2.75, 3.05) is 20.8 Å². The van der Waals surface area contributed by atoms with E-state index in [2.05, 4.69) is 6.92 Å². The first-order valence-electron chi connectivity index (χ1n) is 5.59. The van der Waals surface area contributed by atoms with Gasteiger partial charge in [-0.3, -0.25) is 0 Å². The van der Waals surface area contributed by atoms with Gasteiger partial charge < -0.3 is 14.6 Å². The monoisotopic (exact) mass is 224 g/mol. The molecule has 1 N–H and O–H groups in total. The lowest BCUT2D eigenvalue weighted by molar-refractivity contribution is 0.272. The first-order valence-corrected chi connectivity index (χ1v) is 5.59. The summed E-state index contributed by atoms with van der Waals surface area (Å²) in [6.45, 7) is 2.30. The van der Waals surface area contributed by atoms with Crippen LogP contribution in [-0.2, 0) is 0 Å². The van der Waals surface area contributed by atoms with Crippen molar-refractivity contribution in [1.29, 1.82) is 0 Å². The Morgan fingerprint density at radius 3 is 2.50 bits per heavy atom. The van der Waals surface area contributed by atoms with E-state index in [1.807, 2.05) is 18.2 Å². The number of rotatable bonds is 6. The Kier molecular flexibility index (Phi) is 5.12. The second-order valence-corrected chi connectivity index (χ2v) is 3.73. The highest BCUT2D eigenvalue weighted by molar-refractivity contribution is 5.42. The van der Waals surface area contributed by atoms with Crippen LogP contribution >= 0.6 is 0 Å². The Morgan fingerprint density at radius 1 is 1.25 bits per heavy atom. The zero-order chi connectivity index (χ0) is 12.0. The average Bonchev–Trinajstić information content (AvgIpc) is 2.35. The standard InChI is InChI=1S/C13H20O3/c1-4-10(7-8-14)12-9-11(15-2)5-6-13(12)16-3/h5-6,9-10,14H,4,7-8H2,1-3H3. The van der Waals surface area contributed by atoms with Crippen LogP contribution in [0.4, 0.5) is 0 Å². The van der Waals surface area contributed by atoms with E-state index >= 15 is 0 Å². The molecule has 0 spiro atoms. The van der Waals surface area contributed by atoms with E-state index in [0.717, 1.165) is 29.9 Å². The van der Waals surface area contributed by atoms with Gasteiger partial charge in [0.2, 0.25) is 0 Å². The molecule has 3 heteroatoms. The molecular formula is C13H20O3. The summed E-state index contributed by atoms with van der Waals surface area (Å²) in [5.41, 5.74) is 1.11. The molecule has 1 atom stereocenters. The van der Waals surface area contributed by atoms with E-state index in [0.29, 0.717) is 5.92 Å². The van der Waals surface area contributed by atoms with Crippen molar-refractivity contribution in [1.82, 2.24) is 0 Å². The van der Waals surface area contributed by atoms with Gasteiger partial charge in [-0.2, -0.15) is 0 Å². The van der Waals surface area contributed by atoms with E-state index in [-0.39, 0.29) is 6.61 Å². The highest BCUT2D eigenvalue weighted by Gasteiger charge is 2.14. The third-order valence-electron chi connectivity index (χ3n) is 2.85.